The van der Waals surface area contributed by atoms with Crippen molar-refractivity contribution in [3.05, 3.63) is 48.0 Å². The fraction of sp³-hybridized carbons (Fsp3) is 0.400. The summed E-state index contributed by atoms with van der Waals surface area (Å²) in [6, 6.07) is 12.4. The van der Waals surface area contributed by atoms with Crippen molar-refractivity contribution in [1.82, 2.24) is 4.90 Å². The molecule has 1 aliphatic heterocycles. The molecule has 0 amide bonds. The molecule has 3 rings (SSSR count). The minimum atomic E-state index is -0.988. The van der Waals surface area contributed by atoms with Crippen molar-refractivity contribution < 1.29 is 19.4 Å². The van der Waals surface area contributed by atoms with E-state index in [0.717, 1.165) is 10.8 Å². The number of hydrogen-bond donors (Lipinski definition) is 2. The first kappa shape index (κ1) is 18.4. The van der Waals surface area contributed by atoms with Gasteiger partial charge in [-0.15, -0.1) is 0 Å². The lowest BCUT2D eigenvalue weighted by molar-refractivity contribution is -0.176. The molecule has 1 heterocycles. The lowest BCUT2D eigenvalue weighted by Crippen LogP contribution is -2.66. The smallest absolute Gasteiger partial charge is 0.325 e. The standard InChI is InChI=1S/C20H24N2O4/c1-20(2,3)26-19(25)15-11-22(17(15)21)16(18(23)24)14-9-8-12-6-4-5-7-13(12)10-14/h4-10,15-17H,11,21H2,1-3H3,(H,23,24). The van der Waals surface area contributed by atoms with Gasteiger partial charge in [-0.2, -0.15) is 0 Å². The molecule has 0 aromatic heterocycles. The number of carbonyl (C=O) groups is 2. The highest BCUT2D eigenvalue weighted by molar-refractivity contribution is 5.85. The Labute approximate surface area is 152 Å². The second-order valence-electron chi connectivity index (χ2n) is 7.67. The number of ether oxygens (including phenoxy) is 1. The van der Waals surface area contributed by atoms with Gasteiger partial charge in [0.15, 0.2) is 0 Å². The summed E-state index contributed by atoms with van der Waals surface area (Å²) >= 11 is 0. The molecule has 3 atom stereocenters. The molecule has 2 aromatic rings. The van der Waals surface area contributed by atoms with Crippen molar-refractivity contribution in [3.63, 3.8) is 0 Å². The number of likely N-dealkylation sites (tertiary alicyclic amines) is 1. The molecular formula is C20H24N2O4. The molecule has 1 saturated heterocycles. The van der Waals surface area contributed by atoms with Gasteiger partial charge in [0, 0.05) is 6.54 Å². The maximum absolute atomic E-state index is 12.2. The molecule has 3 unspecified atom stereocenters. The number of rotatable bonds is 4. The molecule has 1 aliphatic rings. The van der Waals surface area contributed by atoms with Crippen molar-refractivity contribution in [2.24, 2.45) is 11.7 Å². The Morgan fingerprint density at radius 3 is 2.42 bits per heavy atom. The zero-order valence-corrected chi connectivity index (χ0v) is 15.2. The summed E-state index contributed by atoms with van der Waals surface area (Å²) in [5.41, 5.74) is 6.19. The fourth-order valence-electron chi connectivity index (χ4n) is 3.27. The number of hydrogen-bond acceptors (Lipinski definition) is 5. The lowest BCUT2D eigenvalue weighted by Gasteiger charge is -2.47. The third-order valence-corrected chi connectivity index (χ3v) is 4.57. The van der Waals surface area contributed by atoms with E-state index in [1.54, 1.807) is 31.7 Å². The number of carbonyl (C=O) groups excluding carboxylic acids is 1. The van der Waals surface area contributed by atoms with Crippen molar-refractivity contribution in [3.8, 4) is 0 Å². The summed E-state index contributed by atoms with van der Waals surface area (Å²) in [6.07, 6.45) is -0.683. The minimum absolute atomic E-state index is 0.264. The Kier molecular flexibility index (Phi) is 4.73. The zero-order valence-electron chi connectivity index (χ0n) is 15.2. The maximum Gasteiger partial charge on any atom is 0.325 e. The van der Waals surface area contributed by atoms with Gasteiger partial charge >= 0.3 is 11.9 Å². The van der Waals surface area contributed by atoms with Crippen molar-refractivity contribution in [2.75, 3.05) is 6.54 Å². The van der Waals surface area contributed by atoms with E-state index >= 15 is 0 Å². The molecule has 6 heteroatoms. The molecule has 138 valence electrons. The highest BCUT2D eigenvalue weighted by Gasteiger charge is 2.48. The first-order chi connectivity index (χ1) is 12.2. The Balaban J connectivity index is 1.81. The molecular weight excluding hydrogens is 332 g/mol. The van der Waals surface area contributed by atoms with E-state index in [9.17, 15) is 14.7 Å². The number of nitrogens with zero attached hydrogens (tertiary/aromatic N) is 1. The van der Waals surface area contributed by atoms with Crippen molar-refractivity contribution in [1.29, 1.82) is 0 Å². The third-order valence-electron chi connectivity index (χ3n) is 4.57. The van der Waals surface area contributed by atoms with Crippen LogP contribution in [0, 0.1) is 5.92 Å². The normalized spacial score (nSPS) is 21.8. The second-order valence-corrected chi connectivity index (χ2v) is 7.67. The average molecular weight is 356 g/mol. The number of aliphatic carboxylic acids is 1. The van der Waals surface area contributed by atoms with Crippen LogP contribution < -0.4 is 5.73 Å². The number of benzene rings is 2. The lowest BCUT2D eigenvalue weighted by atomic mass is 9.90. The van der Waals surface area contributed by atoms with Crippen LogP contribution in [0.15, 0.2) is 42.5 Å². The number of esters is 1. The van der Waals surface area contributed by atoms with Crippen LogP contribution in [0.3, 0.4) is 0 Å². The molecule has 6 nitrogen and oxygen atoms in total. The van der Waals surface area contributed by atoms with Crippen LogP contribution in [0.2, 0.25) is 0 Å². The van der Waals surface area contributed by atoms with Crippen LogP contribution in [0.1, 0.15) is 32.4 Å². The van der Waals surface area contributed by atoms with Crippen LogP contribution in [0.5, 0.6) is 0 Å². The van der Waals surface area contributed by atoms with Crippen molar-refractivity contribution in [2.45, 2.75) is 38.6 Å². The minimum Gasteiger partial charge on any atom is -0.480 e. The van der Waals surface area contributed by atoms with Gasteiger partial charge in [-0.05, 0) is 43.2 Å². The van der Waals surface area contributed by atoms with Gasteiger partial charge in [-0.1, -0.05) is 36.4 Å². The molecule has 3 N–H and O–H groups in total. The zero-order chi connectivity index (χ0) is 19.1. The van der Waals surface area contributed by atoms with E-state index in [1.807, 2.05) is 36.4 Å². The highest BCUT2D eigenvalue weighted by atomic mass is 16.6. The fourth-order valence-corrected chi connectivity index (χ4v) is 3.27. The third kappa shape index (κ3) is 3.57. The summed E-state index contributed by atoms with van der Waals surface area (Å²) in [4.78, 5) is 25.8. The van der Waals surface area contributed by atoms with Gasteiger partial charge in [0.05, 0.1) is 12.1 Å². The number of nitrogens with two attached hydrogens (primary N) is 1. The largest absolute Gasteiger partial charge is 0.480 e. The van der Waals surface area contributed by atoms with E-state index in [1.165, 1.54) is 0 Å². The van der Waals surface area contributed by atoms with Gasteiger partial charge in [0.1, 0.15) is 11.6 Å². The molecule has 0 aliphatic carbocycles. The van der Waals surface area contributed by atoms with E-state index in [-0.39, 0.29) is 12.5 Å². The summed E-state index contributed by atoms with van der Waals surface area (Å²) in [7, 11) is 0. The molecule has 2 aromatic carbocycles. The topological polar surface area (TPSA) is 92.9 Å². The number of carboxylic acids is 1. The average Bonchev–Trinajstić information content (AvgIpc) is 2.55. The first-order valence-electron chi connectivity index (χ1n) is 8.63. The van der Waals surface area contributed by atoms with E-state index in [4.69, 9.17) is 10.5 Å². The Morgan fingerprint density at radius 1 is 1.19 bits per heavy atom. The van der Waals surface area contributed by atoms with Gasteiger partial charge in [0.25, 0.3) is 0 Å². The summed E-state index contributed by atoms with van der Waals surface area (Å²) < 4.78 is 5.37. The van der Waals surface area contributed by atoms with Crippen LogP contribution >= 0.6 is 0 Å². The predicted octanol–water partition coefficient (Wildman–Crippen LogP) is 2.52. The quantitative estimate of drug-likeness (QED) is 0.818. The molecule has 0 radical (unpaired) electrons. The predicted molar refractivity (Wildman–Crippen MR) is 98.3 cm³/mol. The monoisotopic (exact) mass is 356 g/mol. The Morgan fingerprint density at radius 2 is 1.85 bits per heavy atom. The summed E-state index contributed by atoms with van der Waals surface area (Å²) in [5.74, 6) is -1.89. The van der Waals surface area contributed by atoms with Crippen LogP contribution in [-0.4, -0.2) is 40.3 Å². The van der Waals surface area contributed by atoms with Gasteiger partial charge in [-0.25, -0.2) is 0 Å². The van der Waals surface area contributed by atoms with E-state index < -0.39 is 29.7 Å². The number of carboxylic acid groups (broad SMARTS) is 1. The van der Waals surface area contributed by atoms with Crippen molar-refractivity contribution >= 4 is 22.7 Å². The molecule has 1 fully saturated rings. The SMILES string of the molecule is CC(C)(C)OC(=O)C1CN(C(C(=O)O)c2ccc3ccccc3c2)C1N. The Bertz CT molecular complexity index is 843. The Hall–Kier alpha value is -2.44. The highest BCUT2D eigenvalue weighted by Crippen LogP contribution is 2.34. The summed E-state index contributed by atoms with van der Waals surface area (Å²) in [6.45, 7) is 5.64. The van der Waals surface area contributed by atoms with Gasteiger partial charge in [-0.3, -0.25) is 14.5 Å². The maximum atomic E-state index is 12.2. The first-order valence-corrected chi connectivity index (χ1v) is 8.63. The second kappa shape index (κ2) is 6.70. The van der Waals surface area contributed by atoms with Gasteiger partial charge in [0.2, 0.25) is 0 Å². The van der Waals surface area contributed by atoms with Crippen LogP contribution in [0.25, 0.3) is 10.8 Å². The number of fused-ring (bicyclic) bond motifs is 1. The van der Waals surface area contributed by atoms with Crippen LogP contribution in [0.4, 0.5) is 0 Å². The summed E-state index contributed by atoms with van der Waals surface area (Å²) in [5, 5.41) is 11.8. The van der Waals surface area contributed by atoms with Crippen LogP contribution in [-0.2, 0) is 14.3 Å². The molecule has 0 saturated carbocycles. The van der Waals surface area contributed by atoms with E-state index in [2.05, 4.69) is 0 Å². The van der Waals surface area contributed by atoms with E-state index in [0.29, 0.717) is 5.56 Å². The molecule has 0 spiro atoms. The van der Waals surface area contributed by atoms with Gasteiger partial charge < -0.3 is 15.6 Å². The molecule has 26 heavy (non-hydrogen) atoms. The molecule has 0 bridgehead atoms.